The summed E-state index contributed by atoms with van der Waals surface area (Å²) in [5.41, 5.74) is -0.606. The Morgan fingerprint density at radius 2 is 2.29 bits per heavy atom. The lowest BCUT2D eigenvalue weighted by Gasteiger charge is -2.20. The molecule has 0 amide bonds. The number of nitrogens with one attached hydrogen (secondary N) is 1. The molecule has 0 spiro atoms. The summed E-state index contributed by atoms with van der Waals surface area (Å²) in [6, 6.07) is 6.52. The summed E-state index contributed by atoms with van der Waals surface area (Å²) in [5, 5.41) is 23.0. The molecule has 0 heterocycles. The molecule has 0 aromatic heterocycles. The van der Waals surface area contributed by atoms with Crippen molar-refractivity contribution in [2.75, 3.05) is 14.2 Å². The molecule has 2 unspecified atom stereocenters. The lowest BCUT2D eigenvalue weighted by atomic mass is 10.0. The highest BCUT2D eigenvalue weighted by Crippen LogP contribution is 2.36. The second-order valence-corrected chi connectivity index (χ2v) is 5.02. The molecular formula is C14H17N3O4. The first-order chi connectivity index (χ1) is 10.0. The minimum Gasteiger partial charge on any atom is -0.493 e. The third-order valence-corrected chi connectivity index (χ3v) is 3.81. The first-order valence-corrected chi connectivity index (χ1v) is 6.63. The predicted octanol–water partition coefficient (Wildman–Crippen LogP) is 2.02. The van der Waals surface area contributed by atoms with Crippen molar-refractivity contribution in [1.82, 2.24) is 5.32 Å². The maximum absolute atomic E-state index is 10.8. The highest BCUT2D eigenvalue weighted by molar-refractivity contribution is 5.48. The van der Waals surface area contributed by atoms with Gasteiger partial charge in [-0.3, -0.25) is 10.1 Å². The Hall–Kier alpha value is -2.33. The third kappa shape index (κ3) is 3.06. The summed E-state index contributed by atoms with van der Waals surface area (Å²) in [7, 11) is 3.20. The van der Waals surface area contributed by atoms with Gasteiger partial charge in [0.2, 0.25) is 0 Å². The van der Waals surface area contributed by atoms with E-state index >= 15 is 0 Å². The Morgan fingerprint density at radius 1 is 1.52 bits per heavy atom. The molecule has 2 atom stereocenters. The van der Waals surface area contributed by atoms with E-state index < -0.39 is 10.5 Å². The first kappa shape index (κ1) is 15.1. The second-order valence-electron chi connectivity index (χ2n) is 5.02. The molecule has 2 rings (SSSR count). The van der Waals surface area contributed by atoms with Gasteiger partial charge in [0, 0.05) is 12.5 Å². The van der Waals surface area contributed by atoms with Crippen molar-refractivity contribution in [2.45, 2.75) is 30.9 Å². The number of nitriles is 1. The first-order valence-electron chi connectivity index (χ1n) is 6.63. The van der Waals surface area contributed by atoms with Gasteiger partial charge >= 0.3 is 0 Å². The Bertz CT molecular complexity index is 584. The number of methoxy groups -OCH3 is 1. The molecule has 112 valence electrons. The van der Waals surface area contributed by atoms with E-state index in [1.165, 1.54) is 25.3 Å². The van der Waals surface area contributed by atoms with Crippen molar-refractivity contribution >= 4 is 5.69 Å². The molecule has 7 nitrogen and oxygen atoms in total. The number of nitrogens with zero attached hydrogens (tertiary/aromatic N) is 2. The number of nitro groups is 1. The molecule has 1 aliphatic rings. The Balaban J connectivity index is 2.14. The van der Waals surface area contributed by atoms with E-state index in [1.807, 2.05) is 0 Å². The zero-order valence-corrected chi connectivity index (χ0v) is 12.0. The quantitative estimate of drug-likeness (QED) is 0.658. The van der Waals surface area contributed by atoms with Gasteiger partial charge < -0.3 is 14.8 Å². The average Bonchev–Trinajstić information content (AvgIpc) is 2.91. The summed E-state index contributed by atoms with van der Waals surface area (Å²) in [6.45, 7) is 0. The Kier molecular flexibility index (Phi) is 4.29. The van der Waals surface area contributed by atoms with Gasteiger partial charge in [0.15, 0.2) is 11.5 Å². The lowest BCUT2D eigenvalue weighted by Crippen LogP contribution is -2.39. The smallest absolute Gasteiger partial charge is 0.273 e. The largest absolute Gasteiger partial charge is 0.493 e. The topological polar surface area (TPSA) is 97.4 Å². The summed E-state index contributed by atoms with van der Waals surface area (Å²) in [5.74, 6) is 0.779. The number of nitro benzene ring substituents is 1. The van der Waals surface area contributed by atoms with Gasteiger partial charge in [0.1, 0.15) is 11.6 Å². The minimum atomic E-state index is -0.557. The van der Waals surface area contributed by atoms with Crippen LogP contribution in [0.1, 0.15) is 19.3 Å². The van der Waals surface area contributed by atoms with Crippen LogP contribution < -0.4 is 14.8 Å². The number of non-ortho nitro benzene ring substituents is 1. The molecule has 1 aromatic carbocycles. The fourth-order valence-electron chi connectivity index (χ4n) is 2.53. The average molecular weight is 291 g/mol. The van der Waals surface area contributed by atoms with Crippen LogP contribution >= 0.6 is 0 Å². The monoisotopic (exact) mass is 291 g/mol. The summed E-state index contributed by atoms with van der Waals surface area (Å²) in [6.07, 6.45) is 1.90. The van der Waals surface area contributed by atoms with Crippen molar-refractivity contribution in [3.63, 3.8) is 0 Å². The van der Waals surface area contributed by atoms with Crippen molar-refractivity contribution < 1.29 is 14.4 Å². The van der Waals surface area contributed by atoms with Gasteiger partial charge in [0.25, 0.3) is 5.69 Å². The molecule has 0 radical (unpaired) electrons. The number of ether oxygens (including phenoxy) is 2. The zero-order valence-electron chi connectivity index (χ0n) is 12.0. The molecule has 21 heavy (non-hydrogen) atoms. The molecule has 0 aliphatic heterocycles. The van der Waals surface area contributed by atoms with Crippen molar-refractivity contribution in [3.8, 4) is 17.6 Å². The molecule has 0 saturated heterocycles. The van der Waals surface area contributed by atoms with Crippen molar-refractivity contribution in [2.24, 2.45) is 0 Å². The molecule has 1 aliphatic carbocycles. The van der Waals surface area contributed by atoms with E-state index in [9.17, 15) is 15.4 Å². The number of benzene rings is 1. The van der Waals surface area contributed by atoms with Crippen LogP contribution in [0.25, 0.3) is 0 Å². The van der Waals surface area contributed by atoms with Gasteiger partial charge in [-0.25, -0.2) is 0 Å². The summed E-state index contributed by atoms with van der Waals surface area (Å²) >= 11 is 0. The van der Waals surface area contributed by atoms with Crippen LogP contribution in [0, 0.1) is 21.4 Å². The summed E-state index contributed by atoms with van der Waals surface area (Å²) in [4.78, 5) is 10.3. The Morgan fingerprint density at radius 3 is 2.81 bits per heavy atom. The van der Waals surface area contributed by atoms with Crippen LogP contribution in [0.3, 0.4) is 0 Å². The lowest BCUT2D eigenvalue weighted by molar-refractivity contribution is -0.385. The molecule has 1 saturated carbocycles. The molecule has 0 bridgehead atoms. The van der Waals surface area contributed by atoms with E-state index in [0.717, 1.165) is 6.42 Å². The number of rotatable bonds is 5. The van der Waals surface area contributed by atoms with Gasteiger partial charge in [-0.2, -0.15) is 5.26 Å². The molecular weight excluding hydrogens is 274 g/mol. The highest BCUT2D eigenvalue weighted by Gasteiger charge is 2.39. The SMILES string of the molecule is CNC1(C#N)CCC(Oc2ccc([N+](=O)[O-])cc2OC)C1. The zero-order chi connectivity index (χ0) is 15.5. The molecule has 1 N–H and O–H groups in total. The molecule has 7 heteroatoms. The summed E-state index contributed by atoms with van der Waals surface area (Å²) < 4.78 is 11.0. The standard InChI is InChI=1S/C14H17N3O4/c1-16-14(9-15)6-5-11(8-14)21-12-4-3-10(17(18)19)7-13(12)20-2/h3-4,7,11,16H,5-6,8H2,1-2H3. The van der Waals surface area contributed by atoms with E-state index in [4.69, 9.17) is 9.47 Å². The number of hydrogen-bond acceptors (Lipinski definition) is 6. The van der Waals surface area contributed by atoms with E-state index in [1.54, 1.807) is 7.05 Å². The molecule has 1 fully saturated rings. The number of hydrogen-bond donors (Lipinski definition) is 1. The second kappa shape index (κ2) is 5.97. The van der Waals surface area contributed by atoms with Crippen LogP contribution in [0.15, 0.2) is 18.2 Å². The van der Waals surface area contributed by atoms with Crippen molar-refractivity contribution in [3.05, 3.63) is 28.3 Å². The Labute approximate surface area is 122 Å². The highest BCUT2D eigenvalue weighted by atomic mass is 16.6. The van der Waals surface area contributed by atoms with Crippen LogP contribution in [0.4, 0.5) is 5.69 Å². The van der Waals surface area contributed by atoms with Gasteiger partial charge in [0.05, 0.1) is 24.2 Å². The van der Waals surface area contributed by atoms with E-state index in [2.05, 4.69) is 11.4 Å². The predicted molar refractivity (Wildman–Crippen MR) is 75.3 cm³/mol. The fourth-order valence-corrected chi connectivity index (χ4v) is 2.53. The van der Waals surface area contributed by atoms with Crippen LogP contribution in [-0.4, -0.2) is 30.7 Å². The van der Waals surface area contributed by atoms with Crippen molar-refractivity contribution in [1.29, 1.82) is 5.26 Å². The van der Waals surface area contributed by atoms with E-state index in [-0.39, 0.29) is 11.8 Å². The maximum Gasteiger partial charge on any atom is 0.273 e. The van der Waals surface area contributed by atoms with Gasteiger partial charge in [-0.05, 0) is 26.0 Å². The third-order valence-electron chi connectivity index (χ3n) is 3.81. The van der Waals surface area contributed by atoms with E-state index in [0.29, 0.717) is 24.3 Å². The molecule has 1 aromatic rings. The van der Waals surface area contributed by atoms with Crippen LogP contribution in [0.5, 0.6) is 11.5 Å². The normalized spacial score (nSPS) is 24.3. The fraction of sp³-hybridized carbons (Fsp3) is 0.500. The van der Waals surface area contributed by atoms with Gasteiger partial charge in [-0.15, -0.1) is 0 Å². The van der Waals surface area contributed by atoms with Gasteiger partial charge in [-0.1, -0.05) is 0 Å². The van der Waals surface area contributed by atoms with Crippen LogP contribution in [-0.2, 0) is 0 Å². The minimum absolute atomic E-state index is 0.0489. The van der Waals surface area contributed by atoms with Crippen LogP contribution in [0.2, 0.25) is 0 Å². The maximum atomic E-state index is 10.8.